The first kappa shape index (κ1) is 20.6. The summed E-state index contributed by atoms with van der Waals surface area (Å²) in [6.45, 7) is 2.85. The van der Waals surface area contributed by atoms with Gasteiger partial charge in [-0.05, 0) is 61.9 Å². The van der Waals surface area contributed by atoms with Crippen LogP contribution in [0.1, 0.15) is 43.5 Å². The molecule has 0 radical (unpaired) electrons. The van der Waals surface area contributed by atoms with E-state index in [2.05, 4.69) is 15.5 Å². The molecule has 2 aliphatic rings. The van der Waals surface area contributed by atoms with Crippen LogP contribution in [0.3, 0.4) is 0 Å². The number of urea groups is 1. The van der Waals surface area contributed by atoms with Crippen molar-refractivity contribution in [2.24, 2.45) is 5.92 Å². The number of carbonyl (C=O) groups excluding carboxylic acids is 1. The number of amides is 2. The molecular formula is C24H26FN5O2. The Morgan fingerprint density at radius 3 is 2.97 bits per heavy atom. The molecule has 5 rings (SSSR count). The molecule has 0 bridgehead atoms. The van der Waals surface area contributed by atoms with Crippen molar-refractivity contribution in [3.05, 3.63) is 59.9 Å². The molecule has 2 amide bonds. The zero-order valence-corrected chi connectivity index (χ0v) is 18.1. The maximum atomic E-state index is 13.9. The normalized spacial score (nSPS) is 20.9. The van der Waals surface area contributed by atoms with E-state index >= 15 is 0 Å². The van der Waals surface area contributed by atoms with E-state index in [1.165, 1.54) is 18.9 Å². The Kier molecular flexibility index (Phi) is 5.36. The van der Waals surface area contributed by atoms with Crippen molar-refractivity contribution < 1.29 is 13.7 Å². The Balaban J connectivity index is 1.38. The van der Waals surface area contributed by atoms with Crippen LogP contribution in [-0.4, -0.2) is 39.1 Å². The van der Waals surface area contributed by atoms with E-state index in [9.17, 15) is 9.18 Å². The second-order valence-electron chi connectivity index (χ2n) is 9.01. The highest BCUT2D eigenvalue weighted by atomic mass is 19.1. The highest BCUT2D eigenvalue weighted by molar-refractivity contribution is 5.89. The van der Waals surface area contributed by atoms with E-state index in [1.54, 1.807) is 36.4 Å². The van der Waals surface area contributed by atoms with E-state index < -0.39 is 0 Å². The van der Waals surface area contributed by atoms with Crippen molar-refractivity contribution in [3.8, 4) is 11.5 Å². The monoisotopic (exact) mass is 435 g/mol. The Labute approximate surface area is 186 Å². The van der Waals surface area contributed by atoms with Crippen molar-refractivity contribution in [1.82, 2.24) is 20.0 Å². The Bertz CT molecular complexity index is 1110. The van der Waals surface area contributed by atoms with Crippen LogP contribution in [-0.2, 0) is 5.41 Å². The van der Waals surface area contributed by atoms with Crippen LogP contribution in [0.5, 0.6) is 0 Å². The standard InChI is InChI=1S/C24H26FN5O2/c1-16-5-8-19(12-20(16)25)27-23(31)30-11-3-9-24(15-30,13-17-6-7-17)22-28-21(32-29-22)18-4-2-10-26-14-18/h2,4-5,8,10,12,14,17H,3,6-7,9,11,13,15H2,1H3,(H,27,31). The lowest BCUT2D eigenvalue weighted by atomic mass is 9.75. The van der Waals surface area contributed by atoms with Gasteiger partial charge in [0.1, 0.15) is 5.82 Å². The van der Waals surface area contributed by atoms with Gasteiger partial charge in [-0.15, -0.1) is 0 Å². The number of likely N-dealkylation sites (tertiary alicyclic amines) is 1. The average molecular weight is 436 g/mol. The molecule has 8 heteroatoms. The van der Waals surface area contributed by atoms with E-state index in [-0.39, 0.29) is 17.3 Å². The van der Waals surface area contributed by atoms with Gasteiger partial charge in [0.2, 0.25) is 0 Å². The number of nitrogens with zero attached hydrogens (tertiary/aromatic N) is 4. The minimum atomic E-state index is -0.348. The number of hydrogen-bond donors (Lipinski definition) is 1. The molecular weight excluding hydrogens is 409 g/mol. The molecule has 3 aromatic rings. The lowest BCUT2D eigenvalue weighted by molar-refractivity contribution is 0.143. The van der Waals surface area contributed by atoms with Crippen molar-refractivity contribution in [2.45, 2.75) is 44.4 Å². The van der Waals surface area contributed by atoms with Crippen LogP contribution < -0.4 is 5.32 Å². The summed E-state index contributed by atoms with van der Waals surface area (Å²) in [4.78, 5) is 23.7. The smallest absolute Gasteiger partial charge is 0.321 e. The van der Waals surface area contributed by atoms with Crippen LogP contribution in [0.4, 0.5) is 14.9 Å². The molecule has 166 valence electrons. The molecule has 1 atom stereocenters. The molecule has 1 aromatic carbocycles. The molecule has 32 heavy (non-hydrogen) atoms. The maximum Gasteiger partial charge on any atom is 0.321 e. The highest BCUT2D eigenvalue weighted by Gasteiger charge is 2.46. The molecule has 2 fully saturated rings. The van der Waals surface area contributed by atoms with Gasteiger partial charge >= 0.3 is 6.03 Å². The van der Waals surface area contributed by atoms with E-state index in [0.29, 0.717) is 42.0 Å². The topological polar surface area (TPSA) is 84.2 Å². The summed E-state index contributed by atoms with van der Waals surface area (Å²) < 4.78 is 19.5. The molecule has 1 N–H and O–H groups in total. The Hall–Kier alpha value is -3.29. The van der Waals surface area contributed by atoms with Crippen molar-refractivity contribution >= 4 is 11.7 Å². The number of piperidine rings is 1. The second kappa shape index (κ2) is 8.33. The number of benzene rings is 1. The predicted molar refractivity (Wildman–Crippen MR) is 118 cm³/mol. The predicted octanol–water partition coefficient (Wildman–Crippen LogP) is 4.94. The Morgan fingerprint density at radius 2 is 2.22 bits per heavy atom. The van der Waals surface area contributed by atoms with Crippen molar-refractivity contribution in [1.29, 1.82) is 0 Å². The molecule has 1 aliphatic carbocycles. The van der Waals surface area contributed by atoms with Gasteiger partial charge in [-0.2, -0.15) is 4.98 Å². The van der Waals surface area contributed by atoms with Gasteiger partial charge in [-0.1, -0.05) is 24.1 Å². The third-order valence-corrected chi connectivity index (χ3v) is 6.47. The van der Waals surface area contributed by atoms with Crippen molar-refractivity contribution in [2.75, 3.05) is 18.4 Å². The van der Waals surface area contributed by atoms with Gasteiger partial charge in [-0.25, -0.2) is 9.18 Å². The van der Waals surface area contributed by atoms with E-state index in [4.69, 9.17) is 9.51 Å². The second-order valence-corrected chi connectivity index (χ2v) is 9.01. The molecule has 2 aromatic heterocycles. The van der Waals surface area contributed by atoms with Gasteiger partial charge < -0.3 is 14.7 Å². The number of hydrogen-bond acceptors (Lipinski definition) is 5. The zero-order chi connectivity index (χ0) is 22.1. The molecule has 7 nitrogen and oxygen atoms in total. The molecule has 1 saturated heterocycles. The largest absolute Gasteiger partial charge is 0.334 e. The van der Waals surface area contributed by atoms with E-state index in [1.807, 2.05) is 12.1 Å². The molecule has 3 heterocycles. The lowest BCUT2D eigenvalue weighted by Crippen LogP contribution is -2.50. The first-order valence-corrected chi connectivity index (χ1v) is 11.1. The number of aromatic nitrogens is 3. The van der Waals surface area contributed by atoms with Crippen molar-refractivity contribution in [3.63, 3.8) is 0 Å². The zero-order valence-electron chi connectivity index (χ0n) is 18.1. The fourth-order valence-electron chi connectivity index (χ4n) is 4.54. The quantitative estimate of drug-likeness (QED) is 0.613. The van der Waals surface area contributed by atoms with Gasteiger partial charge in [0.25, 0.3) is 5.89 Å². The minimum Gasteiger partial charge on any atom is -0.334 e. The number of pyridine rings is 1. The molecule has 1 unspecified atom stereocenters. The number of aryl methyl sites for hydroxylation is 1. The molecule has 1 aliphatic heterocycles. The Morgan fingerprint density at radius 1 is 1.34 bits per heavy atom. The number of nitrogens with one attached hydrogen (secondary N) is 1. The SMILES string of the molecule is Cc1ccc(NC(=O)N2CCCC(CC3CC3)(c3noc(-c4cccnc4)n3)C2)cc1F. The summed E-state index contributed by atoms with van der Waals surface area (Å²) in [6.07, 6.45) is 8.48. The first-order chi connectivity index (χ1) is 15.5. The maximum absolute atomic E-state index is 13.9. The number of halogens is 1. The number of anilines is 1. The summed E-state index contributed by atoms with van der Waals surface area (Å²) in [5, 5.41) is 7.19. The summed E-state index contributed by atoms with van der Waals surface area (Å²) in [5.41, 5.74) is 1.43. The highest BCUT2D eigenvalue weighted by Crippen LogP contribution is 2.46. The van der Waals surface area contributed by atoms with Gasteiger partial charge in [0.15, 0.2) is 5.82 Å². The summed E-state index contributed by atoms with van der Waals surface area (Å²) >= 11 is 0. The summed E-state index contributed by atoms with van der Waals surface area (Å²) in [6, 6.07) is 8.23. The van der Waals surface area contributed by atoms with Crippen LogP contribution in [0, 0.1) is 18.7 Å². The third-order valence-electron chi connectivity index (χ3n) is 6.47. The van der Waals surface area contributed by atoms with Gasteiger partial charge in [-0.3, -0.25) is 4.98 Å². The first-order valence-electron chi connectivity index (χ1n) is 11.1. The van der Waals surface area contributed by atoms with Crippen LogP contribution in [0.2, 0.25) is 0 Å². The fourth-order valence-corrected chi connectivity index (χ4v) is 4.54. The van der Waals surface area contributed by atoms with Gasteiger partial charge in [0, 0.05) is 31.2 Å². The number of carbonyl (C=O) groups is 1. The van der Waals surface area contributed by atoms with Crippen LogP contribution >= 0.6 is 0 Å². The number of rotatable bonds is 5. The van der Waals surface area contributed by atoms with Crippen LogP contribution in [0.25, 0.3) is 11.5 Å². The fraction of sp³-hybridized carbons (Fsp3) is 0.417. The van der Waals surface area contributed by atoms with E-state index in [0.717, 1.165) is 24.8 Å². The molecule has 0 spiro atoms. The summed E-state index contributed by atoms with van der Waals surface area (Å²) in [5.74, 6) is 1.39. The molecule has 1 saturated carbocycles. The minimum absolute atomic E-state index is 0.232. The summed E-state index contributed by atoms with van der Waals surface area (Å²) in [7, 11) is 0. The van der Waals surface area contributed by atoms with Crippen LogP contribution in [0.15, 0.2) is 47.2 Å². The average Bonchev–Trinajstić information content (AvgIpc) is 3.46. The lowest BCUT2D eigenvalue weighted by Gasteiger charge is -2.41. The van der Waals surface area contributed by atoms with Gasteiger partial charge in [0.05, 0.1) is 11.0 Å². The third kappa shape index (κ3) is 4.22.